The average molecular weight is 352 g/mol. The van der Waals surface area contributed by atoms with E-state index in [9.17, 15) is 0 Å². The average Bonchev–Trinajstić information content (AvgIpc) is 2.69. The van der Waals surface area contributed by atoms with E-state index in [1.165, 1.54) is 0 Å². The van der Waals surface area contributed by atoms with E-state index >= 15 is 0 Å². The maximum Gasteiger partial charge on any atom is 0.229 e. The van der Waals surface area contributed by atoms with Gasteiger partial charge >= 0.3 is 0 Å². The molecule has 3 heterocycles. The Labute approximate surface area is 151 Å². The largest absolute Gasteiger partial charge is 0.357 e. The van der Waals surface area contributed by atoms with Gasteiger partial charge in [-0.3, -0.25) is 19.9 Å². The van der Waals surface area contributed by atoms with Crippen LogP contribution >= 0.6 is 0 Å². The molecule has 0 unspecified atom stereocenters. The molecule has 10 nitrogen and oxygen atoms in total. The van der Waals surface area contributed by atoms with Crippen molar-refractivity contribution in [1.82, 2.24) is 34.9 Å². The van der Waals surface area contributed by atoms with E-state index in [1.807, 2.05) is 0 Å². The van der Waals surface area contributed by atoms with Crippen molar-refractivity contribution >= 4 is 17.8 Å². The summed E-state index contributed by atoms with van der Waals surface area (Å²) in [6.45, 7) is 1.29. The summed E-state index contributed by atoms with van der Waals surface area (Å²) in [5, 5.41) is 9.31. The lowest BCUT2D eigenvalue weighted by Crippen LogP contribution is -2.14. The summed E-state index contributed by atoms with van der Waals surface area (Å²) >= 11 is 0. The lowest BCUT2D eigenvalue weighted by molar-refractivity contribution is 0.902. The predicted octanol–water partition coefficient (Wildman–Crippen LogP) is 0.802. The highest BCUT2D eigenvalue weighted by atomic mass is 15.3. The quantitative estimate of drug-likeness (QED) is 0.509. The second-order valence-electron chi connectivity index (χ2n) is 5.30. The first-order valence-electron chi connectivity index (χ1n) is 8.25. The van der Waals surface area contributed by atoms with E-state index < -0.39 is 0 Å². The van der Waals surface area contributed by atoms with E-state index in [1.54, 1.807) is 44.2 Å². The molecule has 134 valence electrons. The van der Waals surface area contributed by atoms with Gasteiger partial charge in [-0.15, -0.1) is 0 Å². The zero-order valence-corrected chi connectivity index (χ0v) is 14.4. The number of anilines is 3. The first-order chi connectivity index (χ1) is 12.8. The van der Waals surface area contributed by atoms with Gasteiger partial charge in [-0.2, -0.15) is 15.0 Å². The molecule has 10 heteroatoms. The number of hydrogen-bond donors (Lipinski definition) is 3. The zero-order valence-electron chi connectivity index (χ0n) is 14.4. The summed E-state index contributed by atoms with van der Waals surface area (Å²) in [6, 6.07) is 0. The molecular weight excluding hydrogens is 332 g/mol. The second-order valence-corrected chi connectivity index (χ2v) is 5.30. The third-order valence-corrected chi connectivity index (χ3v) is 3.42. The van der Waals surface area contributed by atoms with Gasteiger partial charge in [-0.05, 0) is 0 Å². The summed E-state index contributed by atoms with van der Waals surface area (Å²) in [7, 11) is 1.77. The summed E-state index contributed by atoms with van der Waals surface area (Å²) < 4.78 is 0. The Kier molecular flexibility index (Phi) is 6.13. The number of aromatic nitrogens is 7. The maximum atomic E-state index is 4.39. The van der Waals surface area contributed by atoms with Crippen molar-refractivity contribution in [3.63, 3.8) is 0 Å². The Bertz CT molecular complexity index is 733. The van der Waals surface area contributed by atoms with Crippen LogP contribution in [0.4, 0.5) is 17.8 Å². The molecule has 0 saturated heterocycles. The Balaban J connectivity index is 1.55. The minimum Gasteiger partial charge on any atom is -0.357 e. The number of nitrogens with one attached hydrogen (secondary N) is 3. The molecule has 0 spiro atoms. The third-order valence-electron chi connectivity index (χ3n) is 3.42. The molecule has 0 atom stereocenters. The monoisotopic (exact) mass is 352 g/mol. The van der Waals surface area contributed by atoms with Crippen LogP contribution in [0.2, 0.25) is 0 Å². The third kappa shape index (κ3) is 5.30. The van der Waals surface area contributed by atoms with Crippen LogP contribution in [0.5, 0.6) is 0 Å². The standard InChI is InChI=1S/C16H20N10/c1-17-14-24-15(22-4-2-12-10-18-6-8-20-12)26-16(25-14)23-5-3-13-11-19-7-9-21-13/h6-11H,2-5H2,1H3,(H3,17,22,23,24,25,26). The van der Waals surface area contributed by atoms with Crippen LogP contribution in [-0.2, 0) is 12.8 Å². The van der Waals surface area contributed by atoms with E-state index in [-0.39, 0.29) is 0 Å². The van der Waals surface area contributed by atoms with Gasteiger partial charge in [-0.25, -0.2) is 0 Å². The van der Waals surface area contributed by atoms with Gasteiger partial charge in [-0.1, -0.05) is 0 Å². The van der Waals surface area contributed by atoms with Crippen LogP contribution in [0.25, 0.3) is 0 Å². The van der Waals surface area contributed by atoms with Crippen molar-refractivity contribution in [2.75, 3.05) is 36.1 Å². The topological polar surface area (TPSA) is 126 Å². The van der Waals surface area contributed by atoms with Gasteiger partial charge in [0.05, 0.1) is 11.4 Å². The van der Waals surface area contributed by atoms with Crippen LogP contribution in [0.3, 0.4) is 0 Å². The molecular formula is C16H20N10. The molecule has 3 rings (SSSR count). The SMILES string of the molecule is CNc1nc(NCCc2cnccn2)nc(NCCc2cnccn2)n1. The van der Waals surface area contributed by atoms with Crippen LogP contribution < -0.4 is 16.0 Å². The van der Waals surface area contributed by atoms with Gasteiger partial charge in [0.2, 0.25) is 17.8 Å². The first kappa shape index (κ1) is 17.4. The van der Waals surface area contributed by atoms with Crippen molar-refractivity contribution in [2.24, 2.45) is 0 Å². The highest BCUT2D eigenvalue weighted by Gasteiger charge is 2.06. The molecule has 0 amide bonds. The predicted molar refractivity (Wildman–Crippen MR) is 97.8 cm³/mol. The minimum atomic E-state index is 0.490. The summed E-state index contributed by atoms with van der Waals surface area (Å²) in [5.74, 6) is 1.48. The molecule has 0 saturated carbocycles. The molecule has 0 fully saturated rings. The number of nitrogens with zero attached hydrogens (tertiary/aromatic N) is 7. The van der Waals surface area contributed by atoms with Crippen molar-refractivity contribution in [3.05, 3.63) is 48.6 Å². The molecule has 0 aliphatic carbocycles. The van der Waals surface area contributed by atoms with Crippen molar-refractivity contribution in [2.45, 2.75) is 12.8 Å². The minimum absolute atomic E-state index is 0.490. The highest BCUT2D eigenvalue weighted by Crippen LogP contribution is 2.09. The van der Waals surface area contributed by atoms with E-state index in [0.717, 1.165) is 24.2 Å². The van der Waals surface area contributed by atoms with Gasteiger partial charge in [0.1, 0.15) is 0 Å². The molecule has 0 bridgehead atoms. The van der Waals surface area contributed by atoms with Crippen molar-refractivity contribution in [1.29, 1.82) is 0 Å². The van der Waals surface area contributed by atoms with E-state index in [0.29, 0.717) is 30.9 Å². The van der Waals surface area contributed by atoms with E-state index in [2.05, 4.69) is 50.8 Å². The van der Waals surface area contributed by atoms with Gasteiger partial charge in [0.15, 0.2) is 0 Å². The summed E-state index contributed by atoms with van der Waals surface area (Å²) in [5.41, 5.74) is 1.82. The van der Waals surface area contributed by atoms with Gasteiger partial charge in [0.25, 0.3) is 0 Å². The Morgan fingerprint density at radius 1 is 0.692 bits per heavy atom. The second kappa shape index (κ2) is 9.16. The molecule has 3 aromatic rings. The lowest BCUT2D eigenvalue weighted by atomic mass is 10.3. The molecule has 0 radical (unpaired) electrons. The number of rotatable bonds is 9. The van der Waals surface area contributed by atoms with Crippen LogP contribution in [0.1, 0.15) is 11.4 Å². The fraction of sp³-hybridized carbons (Fsp3) is 0.312. The molecule has 0 aliphatic rings. The van der Waals surface area contributed by atoms with Gasteiger partial charge < -0.3 is 16.0 Å². The van der Waals surface area contributed by atoms with Crippen LogP contribution in [0, 0.1) is 0 Å². The van der Waals surface area contributed by atoms with Gasteiger partial charge in [0, 0.05) is 70.2 Å². The van der Waals surface area contributed by atoms with Crippen LogP contribution in [0.15, 0.2) is 37.2 Å². The fourth-order valence-electron chi connectivity index (χ4n) is 2.17. The Hall–Kier alpha value is -3.43. The Morgan fingerprint density at radius 3 is 1.62 bits per heavy atom. The highest BCUT2D eigenvalue weighted by molar-refractivity contribution is 5.41. The fourth-order valence-corrected chi connectivity index (χ4v) is 2.17. The molecule has 0 aliphatic heterocycles. The first-order valence-corrected chi connectivity index (χ1v) is 8.25. The Morgan fingerprint density at radius 2 is 1.19 bits per heavy atom. The van der Waals surface area contributed by atoms with E-state index in [4.69, 9.17) is 0 Å². The molecule has 3 N–H and O–H groups in total. The molecule has 26 heavy (non-hydrogen) atoms. The molecule has 3 aromatic heterocycles. The van der Waals surface area contributed by atoms with Crippen molar-refractivity contribution < 1.29 is 0 Å². The lowest BCUT2D eigenvalue weighted by Gasteiger charge is -2.09. The van der Waals surface area contributed by atoms with Crippen molar-refractivity contribution in [3.8, 4) is 0 Å². The number of hydrogen-bond acceptors (Lipinski definition) is 10. The van der Waals surface area contributed by atoms with Crippen LogP contribution in [-0.4, -0.2) is 55.0 Å². The summed E-state index contributed by atoms with van der Waals surface area (Å²) in [6.07, 6.45) is 11.6. The zero-order chi connectivity index (χ0) is 18.0. The molecule has 0 aromatic carbocycles. The smallest absolute Gasteiger partial charge is 0.229 e. The maximum absolute atomic E-state index is 4.39. The normalized spacial score (nSPS) is 10.3. The summed E-state index contributed by atoms with van der Waals surface area (Å²) in [4.78, 5) is 29.6.